The summed E-state index contributed by atoms with van der Waals surface area (Å²) >= 11 is 0. The van der Waals surface area contributed by atoms with Gasteiger partial charge < -0.3 is 4.90 Å². The molecule has 3 rings (SSSR count). The highest BCUT2D eigenvalue weighted by atomic mass is 15.2. The lowest BCUT2D eigenvalue weighted by Gasteiger charge is -2.25. The van der Waals surface area contributed by atoms with Gasteiger partial charge in [0.1, 0.15) is 5.84 Å². The van der Waals surface area contributed by atoms with Gasteiger partial charge >= 0.3 is 0 Å². The van der Waals surface area contributed by atoms with Crippen LogP contribution < -0.4 is 0 Å². The lowest BCUT2D eigenvalue weighted by Crippen LogP contribution is -2.30. The average Bonchev–Trinajstić information content (AvgIpc) is 2.50. The first kappa shape index (κ1) is 12.9. The lowest BCUT2D eigenvalue weighted by atomic mass is 10.0. The average molecular weight is 264 g/mol. The molecule has 1 aromatic carbocycles. The molecule has 0 N–H and O–H groups in total. The van der Waals surface area contributed by atoms with Gasteiger partial charge in [0.25, 0.3) is 0 Å². The van der Waals surface area contributed by atoms with E-state index in [1.165, 1.54) is 16.7 Å². The molecule has 2 aliphatic rings. The van der Waals surface area contributed by atoms with Crippen LogP contribution in [0.1, 0.15) is 24.0 Å². The van der Waals surface area contributed by atoms with E-state index in [9.17, 15) is 0 Å². The van der Waals surface area contributed by atoms with Crippen LogP contribution in [0.4, 0.5) is 0 Å². The number of likely N-dealkylation sites (N-methyl/N-ethyl adjacent to an activating group) is 1. The van der Waals surface area contributed by atoms with Crippen molar-refractivity contribution < 1.29 is 0 Å². The molecule has 0 bridgehead atoms. The summed E-state index contributed by atoms with van der Waals surface area (Å²) in [5.41, 5.74) is 4.83. The van der Waals surface area contributed by atoms with Crippen LogP contribution in [0.15, 0.2) is 64.8 Å². The molecule has 102 valence electrons. The number of hydrogen-bond donors (Lipinski definition) is 0. The van der Waals surface area contributed by atoms with Crippen molar-refractivity contribution in [2.45, 2.75) is 19.8 Å². The summed E-state index contributed by atoms with van der Waals surface area (Å²) in [6.07, 6.45) is 11.2. The molecule has 0 saturated carbocycles. The van der Waals surface area contributed by atoms with Gasteiger partial charge in [-0.25, -0.2) is 4.99 Å². The number of rotatable bonds is 2. The third-order valence-electron chi connectivity index (χ3n) is 3.75. The number of hydrogen-bond acceptors (Lipinski definition) is 2. The molecule has 1 aromatic rings. The number of amidine groups is 1. The molecule has 0 fully saturated rings. The van der Waals surface area contributed by atoms with E-state index in [2.05, 4.69) is 67.4 Å². The van der Waals surface area contributed by atoms with Crippen molar-refractivity contribution in [2.24, 2.45) is 4.99 Å². The predicted octanol–water partition coefficient (Wildman–Crippen LogP) is 3.85. The maximum Gasteiger partial charge on any atom is 0.136 e. The highest BCUT2D eigenvalue weighted by Crippen LogP contribution is 2.23. The van der Waals surface area contributed by atoms with Crippen LogP contribution in [-0.4, -0.2) is 24.3 Å². The summed E-state index contributed by atoms with van der Waals surface area (Å²) in [6.45, 7) is 3.02. The van der Waals surface area contributed by atoms with Crippen molar-refractivity contribution >= 4 is 5.84 Å². The highest BCUT2D eigenvalue weighted by molar-refractivity contribution is 6.00. The summed E-state index contributed by atoms with van der Waals surface area (Å²) in [5, 5.41) is 0. The van der Waals surface area contributed by atoms with Crippen molar-refractivity contribution in [3.05, 3.63) is 71.0 Å². The number of allylic oxidation sites excluding steroid dienone is 3. The highest BCUT2D eigenvalue weighted by Gasteiger charge is 2.16. The SMILES string of the molecule is Cc1ccc(C2=NC(C3=CCCC=C3)=CCN2C)cc1. The van der Waals surface area contributed by atoms with Crippen molar-refractivity contribution in [1.82, 2.24) is 4.90 Å². The topological polar surface area (TPSA) is 15.6 Å². The van der Waals surface area contributed by atoms with Crippen molar-refractivity contribution in [3.63, 3.8) is 0 Å². The fourth-order valence-electron chi connectivity index (χ4n) is 2.53. The van der Waals surface area contributed by atoms with Crippen molar-refractivity contribution in [1.29, 1.82) is 0 Å². The minimum atomic E-state index is 0.910. The Morgan fingerprint density at radius 1 is 1.05 bits per heavy atom. The smallest absolute Gasteiger partial charge is 0.136 e. The third-order valence-corrected chi connectivity index (χ3v) is 3.75. The van der Waals surface area contributed by atoms with E-state index in [0.717, 1.165) is 30.9 Å². The molecular formula is C18H20N2. The zero-order chi connectivity index (χ0) is 13.9. The first-order valence-electron chi connectivity index (χ1n) is 7.18. The molecule has 1 heterocycles. The molecule has 0 saturated heterocycles. The lowest BCUT2D eigenvalue weighted by molar-refractivity contribution is 0.554. The standard InChI is InChI=1S/C18H20N2/c1-14-8-10-16(11-9-14)18-19-17(12-13-20(18)2)15-6-4-3-5-7-15/h4,6-12H,3,5,13H2,1-2H3. The van der Waals surface area contributed by atoms with Gasteiger partial charge in [0.15, 0.2) is 0 Å². The number of benzene rings is 1. The van der Waals surface area contributed by atoms with Gasteiger partial charge in [0.05, 0.1) is 5.70 Å². The van der Waals surface area contributed by atoms with Crippen LogP contribution in [0.3, 0.4) is 0 Å². The van der Waals surface area contributed by atoms with E-state index < -0.39 is 0 Å². The Bertz CT molecular complexity index is 615. The first-order chi connectivity index (χ1) is 9.74. The van der Waals surface area contributed by atoms with Crippen molar-refractivity contribution in [2.75, 3.05) is 13.6 Å². The Morgan fingerprint density at radius 2 is 1.85 bits per heavy atom. The minimum absolute atomic E-state index is 0.910. The summed E-state index contributed by atoms with van der Waals surface area (Å²) in [5.74, 6) is 1.06. The predicted molar refractivity (Wildman–Crippen MR) is 84.9 cm³/mol. The number of aryl methyl sites for hydroxylation is 1. The molecule has 0 amide bonds. The van der Waals surface area contributed by atoms with Gasteiger partial charge in [-0.05, 0) is 31.4 Å². The molecule has 0 spiro atoms. The maximum absolute atomic E-state index is 4.87. The molecule has 0 atom stereocenters. The summed E-state index contributed by atoms with van der Waals surface area (Å²) < 4.78 is 0. The Labute approximate surface area is 120 Å². The second-order valence-corrected chi connectivity index (χ2v) is 5.41. The van der Waals surface area contributed by atoms with Crippen LogP contribution in [-0.2, 0) is 0 Å². The van der Waals surface area contributed by atoms with Crippen LogP contribution in [0.25, 0.3) is 0 Å². The fourth-order valence-corrected chi connectivity index (χ4v) is 2.53. The number of aliphatic imine (C=N–C) groups is 1. The first-order valence-corrected chi connectivity index (χ1v) is 7.18. The van der Waals surface area contributed by atoms with Gasteiger partial charge in [-0.1, -0.05) is 48.1 Å². The quantitative estimate of drug-likeness (QED) is 0.792. The molecular weight excluding hydrogens is 244 g/mol. The molecule has 20 heavy (non-hydrogen) atoms. The molecule has 0 aromatic heterocycles. The maximum atomic E-state index is 4.87. The molecule has 2 nitrogen and oxygen atoms in total. The van der Waals surface area contributed by atoms with Crippen LogP contribution in [0, 0.1) is 6.92 Å². The fraction of sp³-hybridized carbons (Fsp3) is 0.278. The van der Waals surface area contributed by atoms with E-state index in [-0.39, 0.29) is 0 Å². The molecule has 2 heteroatoms. The van der Waals surface area contributed by atoms with E-state index in [1.807, 2.05) is 0 Å². The Kier molecular flexibility index (Phi) is 3.55. The summed E-state index contributed by atoms with van der Waals surface area (Å²) in [4.78, 5) is 7.07. The van der Waals surface area contributed by atoms with Crippen LogP contribution in [0.5, 0.6) is 0 Å². The van der Waals surface area contributed by atoms with Crippen LogP contribution in [0.2, 0.25) is 0 Å². The molecule has 0 unspecified atom stereocenters. The van der Waals surface area contributed by atoms with Gasteiger partial charge in [-0.2, -0.15) is 0 Å². The number of nitrogens with zero attached hydrogens (tertiary/aromatic N) is 2. The Hall–Kier alpha value is -2.09. The van der Waals surface area contributed by atoms with Gasteiger partial charge in [0, 0.05) is 19.2 Å². The van der Waals surface area contributed by atoms with Crippen molar-refractivity contribution in [3.8, 4) is 0 Å². The summed E-state index contributed by atoms with van der Waals surface area (Å²) in [6, 6.07) is 8.59. The second kappa shape index (κ2) is 5.49. The Balaban J connectivity index is 1.94. The van der Waals surface area contributed by atoms with Gasteiger partial charge in [-0.15, -0.1) is 0 Å². The van der Waals surface area contributed by atoms with E-state index in [1.54, 1.807) is 0 Å². The summed E-state index contributed by atoms with van der Waals surface area (Å²) in [7, 11) is 2.09. The van der Waals surface area contributed by atoms with Crippen LogP contribution >= 0.6 is 0 Å². The van der Waals surface area contributed by atoms with Gasteiger partial charge in [-0.3, -0.25) is 0 Å². The normalized spacial score (nSPS) is 18.5. The van der Waals surface area contributed by atoms with E-state index in [4.69, 9.17) is 4.99 Å². The van der Waals surface area contributed by atoms with Gasteiger partial charge in [0.2, 0.25) is 0 Å². The molecule has 1 aliphatic carbocycles. The monoisotopic (exact) mass is 264 g/mol. The molecule has 1 aliphatic heterocycles. The van der Waals surface area contributed by atoms with E-state index in [0.29, 0.717) is 0 Å². The zero-order valence-corrected chi connectivity index (χ0v) is 12.1. The third kappa shape index (κ3) is 2.60. The Morgan fingerprint density at radius 3 is 2.55 bits per heavy atom. The largest absolute Gasteiger partial charge is 0.355 e. The zero-order valence-electron chi connectivity index (χ0n) is 12.1. The minimum Gasteiger partial charge on any atom is -0.355 e. The second-order valence-electron chi connectivity index (χ2n) is 5.41. The molecule has 0 radical (unpaired) electrons. The van der Waals surface area contributed by atoms with E-state index >= 15 is 0 Å².